The minimum Gasteiger partial charge on any atom is -0.496 e. The fraction of sp³-hybridized carbons (Fsp3) is 0.500. The van der Waals surface area contributed by atoms with Gasteiger partial charge in [0.25, 0.3) is 0 Å². The van der Waals surface area contributed by atoms with Crippen LogP contribution >= 0.6 is 0 Å². The van der Waals surface area contributed by atoms with Crippen LogP contribution < -0.4 is 19.5 Å². The van der Waals surface area contributed by atoms with Gasteiger partial charge in [0.15, 0.2) is 0 Å². The first-order valence-electron chi connectivity index (χ1n) is 5.33. The lowest BCUT2D eigenvalue weighted by atomic mass is 9.96. The molecule has 1 atom stereocenters. The van der Waals surface area contributed by atoms with Gasteiger partial charge in [-0.05, 0) is 13.0 Å². The molecule has 2 rings (SSSR count). The van der Waals surface area contributed by atoms with Crippen LogP contribution in [0.25, 0.3) is 0 Å². The van der Waals surface area contributed by atoms with Gasteiger partial charge in [-0.15, -0.1) is 0 Å². The van der Waals surface area contributed by atoms with Crippen molar-refractivity contribution in [2.45, 2.75) is 12.5 Å². The molecule has 0 saturated carbocycles. The molecule has 4 heteroatoms. The van der Waals surface area contributed by atoms with E-state index in [-0.39, 0.29) is 0 Å². The zero-order chi connectivity index (χ0) is 11.5. The minimum absolute atomic E-state index is 0.329. The summed E-state index contributed by atoms with van der Waals surface area (Å²) in [5, 5.41) is 3.35. The largest absolute Gasteiger partial charge is 0.496 e. The normalized spacial score (nSPS) is 18.8. The molecule has 0 radical (unpaired) electrons. The van der Waals surface area contributed by atoms with Gasteiger partial charge in [-0.2, -0.15) is 0 Å². The molecule has 0 unspecified atom stereocenters. The van der Waals surface area contributed by atoms with Crippen LogP contribution in [0.5, 0.6) is 17.2 Å². The third kappa shape index (κ3) is 1.80. The molecule has 0 aliphatic carbocycles. The van der Waals surface area contributed by atoms with Gasteiger partial charge < -0.3 is 19.5 Å². The van der Waals surface area contributed by atoms with Crippen molar-refractivity contribution in [3.8, 4) is 17.2 Å². The first-order chi connectivity index (χ1) is 7.80. The lowest BCUT2D eigenvalue weighted by Crippen LogP contribution is -2.35. The monoisotopic (exact) mass is 223 g/mol. The molecule has 4 nitrogen and oxygen atoms in total. The number of rotatable bonds is 4. The fourth-order valence-electron chi connectivity index (χ4n) is 1.91. The molecular weight excluding hydrogens is 206 g/mol. The molecule has 1 N–H and O–H groups in total. The molecule has 88 valence electrons. The van der Waals surface area contributed by atoms with Crippen LogP contribution in [0.2, 0.25) is 0 Å². The van der Waals surface area contributed by atoms with Gasteiger partial charge in [0.1, 0.15) is 17.2 Å². The second-order valence-corrected chi connectivity index (χ2v) is 3.74. The number of ether oxygens (including phenoxy) is 3. The van der Waals surface area contributed by atoms with Crippen molar-refractivity contribution in [1.82, 2.24) is 5.32 Å². The van der Waals surface area contributed by atoms with Crippen LogP contribution in [0.3, 0.4) is 0 Å². The Morgan fingerprint density at radius 2 is 1.62 bits per heavy atom. The van der Waals surface area contributed by atoms with Gasteiger partial charge in [0.2, 0.25) is 0 Å². The molecule has 1 aromatic carbocycles. The fourth-order valence-corrected chi connectivity index (χ4v) is 1.91. The third-order valence-corrected chi connectivity index (χ3v) is 2.93. The summed E-state index contributed by atoms with van der Waals surface area (Å²) < 4.78 is 16.0. The second-order valence-electron chi connectivity index (χ2n) is 3.74. The Morgan fingerprint density at radius 1 is 1.06 bits per heavy atom. The predicted molar refractivity (Wildman–Crippen MR) is 61.5 cm³/mol. The first-order valence-corrected chi connectivity index (χ1v) is 5.33. The van der Waals surface area contributed by atoms with E-state index in [1.54, 1.807) is 21.3 Å². The summed E-state index contributed by atoms with van der Waals surface area (Å²) in [4.78, 5) is 0. The minimum atomic E-state index is 0.329. The molecule has 0 bridgehead atoms. The summed E-state index contributed by atoms with van der Waals surface area (Å²) >= 11 is 0. The molecule has 0 spiro atoms. The SMILES string of the molecule is COc1cc(OC)c([C@@H]2CCN2)c(OC)c1. The lowest BCUT2D eigenvalue weighted by Gasteiger charge is -2.30. The average molecular weight is 223 g/mol. The van der Waals surface area contributed by atoms with Crippen molar-refractivity contribution in [3.05, 3.63) is 17.7 Å². The van der Waals surface area contributed by atoms with Crippen LogP contribution in [0.4, 0.5) is 0 Å². The molecular formula is C12H17NO3. The van der Waals surface area contributed by atoms with E-state index in [2.05, 4.69) is 5.32 Å². The summed E-state index contributed by atoms with van der Waals surface area (Å²) in [6.45, 7) is 1.04. The maximum absolute atomic E-state index is 5.39. The van der Waals surface area contributed by atoms with Crippen molar-refractivity contribution in [3.63, 3.8) is 0 Å². The highest BCUT2D eigenvalue weighted by atomic mass is 16.5. The summed E-state index contributed by atoms with van der Waals surface area (Å²) in [7, 11) is 4.96. The van der Waals surface area contributed by atoms with E-state index in [4.69, 9.17) is 14.2 Å². The van der Waals surface area contributed by atoms with Gasteiger partial charge in [-0.3, -0.25) is 0 Å². The summed E-state index contributed by atoms with van der Waals surface area (Å²) in [5.41, 5.74) is 1.08. The zero-order valence-electron chi connectivity index (χ0n) is 9.87. The molecule has 1 fully saturated rings. The van der Waals surface area contributed by atoms with Gasteiger partial charge in [0.05, 0.1) is 26.9 Å². The third-order valence-electron chi connectivity index (χ3n) is 2.93. The van der Waals surface area contributed by atoms with Gasteiger partial charge in [0, 0.05) is 18.2 Å². The van der Waals surface area contributed by atoms with Crippen molar-refractivity contribution in [1.29, 1.82) is 0 Å². The maximum Gasteiger partial charge on any atom is 0.131 e. The zero-order valence-corrected chi connectivity index (χ0v) is 9.87. The standard InChI is InChI=1S/C12H17NO3/c1-14-8-6-10(15-2)12(9-4-5-13-9)11(7-8)16-3/h6-7,9,13H,4-5H2,1-3H3/t9-/m0/s1. The highest BCUT2D eigenvalue weighted by molar-refractivity contribution is 5.52. The van der Waals surface area contributed by atoms with E-state index in [9.17, 15) is 0 Å². The van der Waals surface area contributed by atoms with Crippen molar-refractivity contribution in [2.24, 2.45) is 0 Å². The van der Waals surface area contributed by atoms with E-state index < -0.39 is 0 Å². The molecule has 0 aromatic heterocycles. The van der Waals surface area contributed by atoms with Gasteiger partial charge >= 0.3 is 0 Å². The van der Waals surface area contributed by atoms with Crippen LogP contribution in [-0.2, 0) is 0 Å². The Balaban J connectivity index is 2.45. The maximum atomic E-state index is 5.39. The van der Waals surface area contributed by atoms with E-state index in [1.165, 1.54) is 0 Å². The molecule has 1 saturated heterocycles. The topological polar surface area (TPSA) is 39.7 Å². The Hall–Kier alpha value is -1.42. The van der Waals surface area contributed by atoms with Gasteiger partial charge in [-0.1, -0.05) is 0 Å². The predicted octanol–water partition coefficient (Wildman–Crippen LogP) is 1.75. The molecule has 1 aromatic rings. The van der Waals surface area contributed by atoms with E-state index in [1.807, 2.05) is 12.1 Å². The van der Waals surface area contributed by atoms with E-state index in [0.717, 1.165) is 35.8 Å². The van der Waals surface area contributed by atoms with Gasteiger partial charge in [-0.25, -0.2) is 0 Å². The Kier molecular flexibility index (Phi) is 3.19. The quantitative estimate of drug-likeness (QED) is 0.844. The molecule has 0 amide bonds. The number of methoxy groups -OCH3 is 3. The van der Waals surface area contributed by atoms with Crippen molar-refractivity contribution in [2.75, 3.05) is 27.9 Å². The second kappa shape index (κ2) is 4.61. The Morgan fingerprint density at radius 3 is 1.94 bits per heavy atom. The highest BCUT2D eigenvalue weighted by Gasteiger charge is 2.26. The summed E-state index contributed by atoms with van der Waals surface area (Å²) in [5.74, 6) is 2.37. The Bertz CT molecular complexity index is 350. The molecule has 1 aliphatic heterocycles. The summed E-state index contributed by atoms with van der Waals surface area (Å²) in [6.07, 6.45) is 1.11. The van der Waals surface area contributed by atoms with E-state index in [0.29, 0.717) is 6.04 Å². The number of benzene rings is 1. The lowest BCUT2D eigenvalue weighted by molar-refractivity contribution is 0.325. The molecule has 1 aliphatic rings. The number of hydrogen-bond acceptors (Lipinski definition) is 4. The van der Waals surface area contributed by atoms with Crippen LogP contribution in [0.1, 0.15) is 18.0 Å². The molecule has 1 heterocycles. The smallest absolute Gasteiger partial charge is 0.131 e. The van der Waals surface area contributed by atoms with Crippen molar-refractivity contribution < 1.29 is 14.2 Å². The highest BCUT2D eigenvalue weighted by Crippen LogP contribution is 2.41. The number of hydrogen-bond donors (Lipinski definition) is 1. The number of nitrogens with one attached hydrogen (secondary N) is 1. The molecule has 16 heavy (non-hydrogen) atoms. The summed E-state index contributed by atoms with van der Waals surface area (Å²) in [6, 6.07) is 4.10. The van der Waals surface area contributed by atoms with Crippen molar-refractivity contribution >= 4 is 0 Å². The average Bonchev–Trinajstić information content (AvgIpc) is 2.26. The van der Waals surface area contributed by atoms with Crippen LogP contribution in [0.15, 0.2) is 12.1 Å². The Labute approximate surface area is 95.5 Å². The van der Waals surface area contributed by atoms with Crippen LogP contribution in [0, 0.1) is 0 Å². The van der Waals surface area contributed by atoms with Crippen LogP contribution in [-0.4, -0.2) is 27.9 Å². The van der Waals surface area contributed by atoms with E-state index >= 15 is 0 Å². The first kappa shape index (κ1) is 11.1.